The summed E-state index contributed by atoms with van der Waals surface area (Å²) in [6.07, 6.45) is 3.79. The van der Waals surface area contributed by atoms with Crippen LogP contribution in [0.2, 0.25) is 5.15 Å². The Morgan fingerprint density at radius 1 is 1.33 bits per heavy atom. The molecule has 0 saturated carbocycles. The van der Waals surface area contributed by atoms with Gasteiger partial charge in [-0.15, -0.1) is 0 Å². The van der Waals surface area contributed by atoms with Gasteiger partial charge in [-0.2, -0.15) is 0 Å². The summed E-state index contributed by atoms with van der Waals surface area (Å²) in [5, 5.41) is 0.542. The highest BCUT2D eigenvalue weighted by Gasteiger charge is 2.02. The molecule has 1 aromatic rings. The predicted octanol–water partition coefficient (Wildman–Crippen LogP) is 2.66. The van der Waals surface area contributed by atoms with Gasteiger partial charge in [-0.05, 0) is 18.9 Å². The van der Waals surface area contributed by atoms with Crippen molar-refractivity contribution in [3.63, 3.8) is 0 Å². The van der Waals surface area contributed by atoms with Crippen molar-refractivity contribution < 1.29 is 4.74 Å². The molecule has 0 saturated heterocycles. The largest absolute Gasteiger partial charge is 0.385 e. The third-order valence-corrected chi connectivity index (χ3v) is 2.24. The fourth-order valence-electron chi connectivity index (χ4n) is 1.39. The normalized spacial score (nSPS) is 10.6. The van der Waals surface area contributed by atoms with Gasteiger partial charge in [0.1, 0.15) is 11.0 Å². The SMILES string of the molecule is CCCc1cc(Cl)nc(CCCOC)n1. The maximum atomic E-state index is 5.92. The van der Waals surface area contributed by atoms with Crippen LogP contribution in [-0.4, -0.2) is 23.7 Å². The number of halogens is 1. The molecule has 0 bridgehead atoms. The minimum atomic E-state index is 0.542. The lowest BCUT2D eigenvalue weighted by Gasteiger charge is -2.03. The second-order valence-electron chi connectivity index (χ2n) is 3.44. The van der Waals surface area contributed by atoms with Crippen LogP contribution >= 0.6 is 11.6 Å². The molecule has 0 aromatic carbocycles. The van der Waals surface area contributed by atoms with Gasteiger partial charge in [0.25, 0.3) is 0 Å². The molecule has 1 aromatic heterocycles. The lowest BCUT2D eigenvalue weighted by atomic mass is 10.2. The molecule has 3 nitrogen and oxygen atoms in total. The van der Waals surface area contributed by atoms with Crippen LogP contribution in [0.1, 0.15) is 31.3 Å². The molecule has 84 valence electrons. The first-order valence-electron chi connectivity index (χ1n) is 5.27. The molecule has 0 radical (unpaired) electrons. The van der Waals surface area contributed by atoms with E-state index < -0.39 is 0 Å². The van der Waals surface area contributed by atoms with Gasteiger partial charge >= 0.3 is 0 Å². The molecule has 15 heavy (non-hydrogen) atoms. The summed E-state index contributed by atoms with van der Waals surface area (Å²) >= 11 is 5.92. The summed E-state index contributed by atoms with van der Waals surface area (Å²) in [4.78, 5) is 8.63. The Morgan fingerprint density at radius 3 is 2.80 bits per heavy atom. The minimum Gasteiger partial charge on any atom is -0.385 e. The van der Waals surface area contributed by atoms with E-state index in [1.54, 1.807) is 7.11 Å². The summed E-state index contributed by atoms with van der Waals surface area (Å²) in [6, 6.07) is 1.84. The number of aromatic nitrogens is 2. The zero-order valence-electron chi connectivity index (χ0n) is 9.29. The average Bonchev–Trinajstić information content (AvgIpc) is 2.18. The standard InChI is InChI=1S/C11H17ClN2O/c1-3-5-9-8-10(12)14-11(13-9)6-4-7-15-2/h8H,3-7H2,1-2H3. The van der Waals surface area contributed by atoms with Gasteiger partial charge in [-0.1, -0.05) is 24.9 Å². The molecule has 1 heterocycles. The van der Waals surface area contributed by atoms with Gasteiger partial charge < -0.3 is 4.74 Å². The van der Waals surface area contributed by atoms with Crippen molar-refractivity contribution in [1.82, 2.24) is 9.97 Å². The lowest BCUT2D eigenvalue weighted by molar-refractivity contribution is 0.194. The Bertz CT molecular complexity index is 305. The van der Waals surface area contributed by atoms with E-state index in [4.69, 9.17) is 16.3 Å². The van der Waals surface area contributed by atoms with Gasteiger partial charge in [0.2, 0.25) is 0 Å². The van der Waals surface area contributed by atoms with Crippen LogP contribution in [0.5, 0.6) is 0 Å². The first-order chi connectivity index (χ1) is 7.26. The summed E-state index contributed by atoms with van der Waals surface area (Å²) in [5.41, 5.74) is 1.03. The number of ether oxygens (including phenoxy) is 1. The molecule has 0 atom stereocenters. The Morgan fingerprint density at radius 2 is 2.13 bits per heavy atom. The number of methoxy groups -OCH3 is 1. The minimum absolute atomic E-state index is 0.542. The van der Waals surface area contributed by atoms with Crippen LogP contribution in [-0.2, 0) is 17.6 Å². The van der Waals surface area contributed by atoms with Crippen LogP contribution in [0.4, 0.5) is 0 Å². The number of nitrogens with zero attached hydrogens (tertiary/aromatic N) is 2. The fourth-order valence-corrected chi connectivity index (χ4v) is 1.61. The first kappa shape index (κ1) is 12.4. The summed E-state index contributed by atoms with van der Waals surface area (Å²) in [7, 11) is 1.70. The molecule has 0 aliphatic heterocycles. The van der Waals surface area contributed by atoms with E-state index in [0.717, 1.165) is 43.8 Å². The number of rotatable bonds is 6. The highest BCUT2D eigenvalue weighted by Crippen LogP contribution is 2.10. The van der Waals surface area contributed by atoms with E-state index in [1.807, 2.05) is 6.07 Å². The van der Waals surface area contributed by atoms with E-state index in [0.29, 0.717) is 5.15 Å². The molecule has 0 fully saturated rings. The van der Waals surface area contributed by atoms with E-state index >= 15 is 0 Å². The first-order valence-corrected chi connectivity index (χ1v) is 5.65. The van der Waals surface area contributed by atoms with Crippen molar-refractivity contribution in [3.05, 3.63) is 22.7 Å². The highest BCUT2D eigenvalue weighted by atomic mass is 35.5. The van der Waals surface area contributed by atoms with Crippen LogP contribution < -0.4 is 0 Å². The third kappa shape index (κ3) is 4.58. The van der Waals surface area contributed by atoms with Crippen molar-refractivity contribution in [1.29, 1.82) is 0 Å². The Kier molecular flexibility index (Phi) is 5.58. The molecule has 0 amide bonds. The van der Waals surface area contributed by atoms with Crippen molar-refractivity contribution in [2.45, 2.75) is 32.6 Å². The summed E-state index contributed by atoms with van der Waals surface area (Å²) in [5.74, 6) is 0.822. The van der Waals surface area contributed by atoms with E-state index in [-0.39, 0.29) is 0 Å². The molecule has 0 spiro atoms. The van der Waals surface area contributed by atoms with E-state index in [2.05, 4.69) is 16.9 Å². The molecule has 0 N–H and O–H groups in total. The monoisotopic (exact) mass is 228 g/mol. The van der Waals surface area contributed by atoms with Gasteiger partial charge in [-0.3, -0.25) is 0 Å². The van der Waals surface area contributed by atoms with Crippen molar-refractivity contribution in [3.8, 4) is 0 Å². The second-order valence-corrected chi connectivity index (χ2v) is 3.83. The topological polar surface area (TPSA) is 35.0 Å². The van der Waals surface area contributed by atoms with E-state index in [1.165, 1.54) is 0 Å². The number of aryl methyl sites for hydroxylation is 2. The zero-order valence-corrected chi connectivity index (χ0v) is 10.0. The molecular weight excluding hydrogens is 212 g/mol. The van der Waals surface area contributed by atoms with Crippen molar-refractivity contribution in [2.75, 3.05) is 13.7 Å². The number of hydrogen-bond donors (Lipinski definition) is 0. The average molecular weight is 229 g/mol. The Labute approximate surface area is 95.8 Å². The predicted molar refractivity (Wildman–Crippen MR) is 61.2 cm³/mol. The summed E-state index contributed by atoms with van der Waals surface area (Å²) < 4.78 is 4.98. The van der Waals surface area contributed by atoms with E-state index in [9.17, 15) is 0 Å². The second kappa shape index (κ2) is 6.75. The fraction of sp³-hybridized carbons (Fsp3) is 0.636. The van der Waals surface area contributed by atoms with Gasteiger partial charge in [0, 0.05) is 25.8 Å². The number of hydrogen-bond acceptors (Lipinski definition) is 3. The van der Waals surface area contributed by atoms with Gasteiger partial charge in [0.15, 0.2) is 0 Å². The molecular formula is C11H17ClN2O. The Balaban J connectivity index is 2.62. The molecule has 0 unspecified atom stereocenters. The smallest absolute Gasteiger partial charge is 0.133 e. The van der Waals surface area contributed by atoms with Gasteiger partial charge in [0.05, 0.1) is 0 Å². The Hall–Kier alpha value is -0.670. The summed E-state index contributed by atoms with van der Waals surface area (Å²) in [6.45, 7) is 2.86. The van der Waals surface area contributed by atoms with Gasteiger partial charge in [-0.25, -0.2) is 9.97 Å². The quantitative estimate of drug-likeness (QED) is 0.555. The molecule has 0 aliphatic carbocycles. The maximum absolute atomic E-state index is 5.92. The van der Waals surface area contributed by atoms with Crippen LogP contribution in [0.25, 0.3) is 0 Å². The van der Waals surface area contributed by atoms with Crippen LogP contribution in [0, 0.1) is 0 Å². The van der Waals surface area contributed by atoms with Crippen LogP contribution in [0.3, 0.4) is 0 Å². The molecule has 1 rings (SSSR count). The highest BCUT2D eigenvalue weighted by molar-refractivity contribution is 6.29. The lowest BCUT2D eigenvalue weighted by Crippen LogP contribution is -2.02. The van der Waals surface area contributed by atoms with Crippen molar-refractivity contribution in [2.24, 2.45) is 0 Å². The maximum Gasteiger partial charge on any atom is 0.133 e. The molecule has 0 aliphatic rings. The third-order valence-electron chi connectivity index (χ3n) is 2.05. The molecule has 4 heteroatoms. The van der Waals surface area contributed by atoms with Crippen LogP contribution in [0.15, 0.2) is 6.07 Å². The van der Waals surface area contributed by atoms with Crippen molar-refractivity contribution >= 4 is 11.6 Å². The zero-order chi connectivity index (χ0) is 11.1.